The number of thiophene rings is 1. The second kappa shape index (κ2) is 8.14. The number of aryl methyl sites for hydroxylation is 1. The molecule has 2 aromatic rings. The van der Waals surface area contributed by atoms with E-state index in [9.17, 15) is 9.59 Å². The zero-order valence-corrected chi connectivity index (χ0v) is 13.1. The fourth-order valence-corrected chi connectivity index (χ4v) is 2.41. The molecule has 2 rings (SSSR count). The molecule has 1 heterocycles. The van der Waals surface area contributed by atoms with Crippen LogP contribution in [0.15, 0.2) is 47.2 Å². The molecule has 5 heteroatoms. The van der Waals surface area contributed by atoms with E-state index >= 15 is 0 Å². The highest BCUT2D eigenvalue weighted by molar-refractivity contribution is 7.08. The van der Waals surface area contributed by atoms with Gasteiger partial charge in [0.1, 0.15) is 0 Å². The summed E-state index contributed by atoms with van der Waals surface area (Å²) in [5.74, 6) is -0.894. The van der Waals surface area contributed by atoms with Crippen molar-refractivity contribution in [3.05, 3.63) is 58.3 Å². The van der Waals surface area contributed by atoms with Gasteiger partial charge in [0.2, 0.25) is 0 Å². The fraction of sp³-hybridized carbons (Fsp3) is 0.176. The number of anilines is 1. The smallest absolute Gasteiger partial charge is 0.331 e. The minimum atomic E-state index is -0.538. The van der Waals surface area contributed by atoms with E-state index in [2.05, 4.69) is 5.32 Å². The summed E-state index contributed by atoms with van der Waals surface area (Å²) in [5, 5.41) is 6.54. The largest absolute Gasteiger partial charge is 0.452 e. The molecule has 0 atom stereocenters. The molecular weight excluding hydrogens is 298 g/mol. The third-order valence-corrected chi connectivity index (χ3v) is 3.62. The van der Waals surface area contributed by atoms with E-state index in [1.165, 1.54) is 6.08 Å². The topological polar surface area (TPSA) is 55.4 Å². The highest BCUT2D eigenvalue weighted by Gasteiger charge is 2.06. The second-order valence-electron chi connectivity index (χ2n) is 4.60. The maximum absolute atomic E-state index is 11.7. The number of carbonyl (C=O) groups excluding carboxylic acids is 2. The summed E-state index contributed by atoms with van der Waals surface area (Å²) in [5.41, 5.74) is 2.77. The number of nitrogens with one attached hydrogen (secondary N) is 1. The molecule has 4 nitrogen and oxygen atoms in total. The van der Waals surface area contributed by atoms with Gasteiger partial charge in [0, 0.05) is 11.8 Å². The molecule has 22 heavy (non-hydrogen) atoms. The van der Waals surface area contributed by atoms with Crippen molar-refractivity contribution < 1.29 is 14.3 Å². The van der Waals surface area contributed by atoms with Crippen LogP contribution in [0.2, 0.25) is 0 Å². The van der Waals surface area contributed by atoms with E-state index in [-0.39, 0.29) is 12.5 Å². The molecule has 1 aromatic carbocycles. The molecule has 0 spiro atoms. The van der Waals surface area contributed by atoms with E-state index in [4.69, 9.17) is 4.74 Å². The first-order valence-electron chi connectivity index (χ1n) is 6.93. The molecular formula is C17H17NO3S. The van der Waals surface area contributed by atoms with E-state index in [1.54, 1.807) is 23.5 Å². The number of carbonyl (C=O) groups is 2. The van der Waals surface area contributed by atoms with Crippen molar-refractivity contribution >= 4 is 35.0 Å². The standard InChI is InChI=1S/C17H17NO3S/c1-2-13-4-3-5-15(10-13)18-16(19)11-21-17(20)7-6-14-8-9-22-12-14/h3-10,12H,2,11H2,1H3,(H,18,19)/b7-6+. The summed E-state index contributed by atoms with van der Waals surface area (Å²) in [6.45, 7) is 1.74. The molecule has 114 valence electrons. The van der Waals surface area contributed by atoms with Gasteiger partial charge in [-0.3, -0.25) is 4.79 Å². The van der Waals surface area contributed by atoms with Gasteiger partial charge < -0.3 is 10.1 Å². The highest BCUT2D eigenvalue weighted by Crippen LogP contribution is 2.11. The summed E-state index contributed by atoms with van der Waals surface area (Å²) < 4.78 is 4.90. The summed E-state index contributed by atoms with van der Waals surface area (Å²) in [6, 6.07) is 9.46. The van der Waals surface area contributed by atoms with Crippen molar-refractivity contribution in [3.8, 4) is 0 Å². The quantitative estimate of drug-likeness (QED) is 0.655. The Kier molecular flexibility index (Phi) is 5.91. The lowest BCUT2D eigenvalue weighted by atomic mass is 10.1. The third-order valence-electron chi connectivity index (χ3n) is 2.92. The summed E-state index contributed by atoms with van der Waals surface area (Å²) >= 11 is 1.55. The third kappa shape index (κ3) is 5.18. The van der Waals surface area contributed by atoms with Gasteiger partial charge in [-0.05, 0) is 52.6 Å². The molecule has 1 N–H and O–H groups in total. The Labute approximate surface area is 133 Å². The van der Waals surface area contributed by atoms with Crippen LogP contribution in [0.25, 0.3) is 6.08 Å². The van der Waals surface area contributed by atoms with Gasteiger partial charge in [0.05, 0.1) is 0 Å². The average Bonchev–Trinajstić information content (AvgIpc) is 3.04. The normalized spacial score (nSPS) is 10.6. The van der Waals surface area contributed by atoms with Crippen LogP contribution in [0.4, 0.5) is 5.69 Å². The molecule has 0 unspecified atom stereocenters. The lowest BCUT2D eigenvalue weighted by molar-refractivity contribution is -0.142. The summed E-state index contributed by atoms with van der Waals surface area (Å²) in [7, 11) is 0. The fourth-order valence-electron chi connectivity index (χ4n) is 1.78. The van der Waals surface area contributed by atoms with E-state index in [1.807, 2.05) is 41.9 Å². The number of ether oxygens (including phenoxy) is 1. The molecule has 0 fully saturated rings. The van der Waals surface area contributed by atoms with Gasteiger partial charge in [-0.25, -0.2) is 4.79 Å². The maximum Gasteiger partial charge on any atom is 0.331 e. The lowest BCUT2D eigenvalue weighted by Crippen LogP contribution is -2.20. The Hall–Kier alpha value is -2.40. The molecule has 1 amide bonds. The van der Waals surface area contributed by atoms with Crippen molar-refractivity contribution in [3.63, 3.8) is 0 Å². The number of hydrogen-bond donors (Lipinski definition) is 1. The molecule has 0 aliphatic heterocycles. The Morgan fingerprint density at radius 3 is 2.91 bits per heavy atom. The van der Waals surface area contributed by atoms with Crippen molar-refractivity contribution in [2.75, 3.05) is 11.9 Å². The first-order chi connectivity index (χ1) is 10.7. The maximum atomic E-state index is 11.7. The van der Waals surface area contributed by atoms with Gasteiger partial charge in [-0.2, -0.15) is 11.3 Å². The predicted molar refractivity (Wildman–Crippen MR) is 88.8 cm³/mol. The average molecular weight is 315 g/mol. The van der Waals surface area contributed by atoms with Crippen LogP contribution < -0.4 is 5.32 Å². The molecule has 1 aromatic heterocycles. The van der Waals surface area contributed by atoms with Crippen LogP contribution in [0.5, 0.6) is 0 Å². The van der Waals surface area contributed by atoms with Crippen LogP contribution in [0, 0.1) is 0 Å². The Morgan fingerprint density at radius 1 is 1.32 bits per heavy atom. The van der Waals surface area contributed by atoms with Crippen molar-refractivity contribution in [1.29, 1.82) is 0 Å². The molecule has 0 bridgehead atoms. The van der Waals surface area contributed by atoms with Crippen LogP contribution in [0.1, 0.15) is 18.1 Å². The number of rotatable bonds is 6. The zero-order valence-electron chi connectivity index (χ0n) is 12.2. The second-order valence-corrected chi connectivity index (χ2v) is 5.38. The first-order valence-corrected chi connectivity index (χ1v) is 7.87. The molecule has 0 saturated heterocycles. The summed E-state index contributed by atoms with van der Waals surface area (Å²) in [6.07, 6.45) is 3.86. The minimum absolute atomic E-state index is 0.302. The SMILES string of the molecule is CCc1cccc(NC(=O)COC(=O)/C=C/c2ccsc2)c1. The first kappa shape index (κ1) is 16.0. The van der Waals surface area contributed by atoms with Gasteiger partial charge >= 0.3 is 5.97 Å². The van der Waals surface area contributed by atoms with Crippen LogP contribution in [0.3, 0.4) is 0 Å². The van der Waals surface area contributed by atoms with Gasteiger partial charge in [0.15, 0.2) is 6.61 Å². The van der Waals surface area contributed by atoms with Crippen molar-refractivity contribution in [1.82, 2.24) is 0 Å². The lowest BCUT2D eigenvalue weighted by Gasteiger charge is -2.06. The Bertz CT molecular complexity index is 662. The van der Waals surface area contributed by atoms with Crippen molar-refractivity contribution in [2.45, 2.75) is 13.3 Å². The molecule has 0 aliphatic carbocycles. The monoisotopic (exact) mass is 315 g/mol. The zero-order chi connectivity index (χ0) is 15.8. The minimum Gasteiger partial charge on any atom is -0.452 e. The van der Waals surface area contributed by atoms with Crippen LogP contribution in [-0.2, 0) is 20.7 Å². The predicted octanol–water partition coefficient (Wildman–Crippen LogP) is 3.51. The van der Waals surface area contributed by atoms with E-state index in [0.29, 0.717) is 5.69 Å². The Morgan fingerprint density at radius 2 is 2.18 bits per heavy atom. The van der Waals surface area contributed by atoms with Gasteiger partial charge in [-0.1, -0.05) is 19.1 Å². The van der Waals surface area contributed by atoms with Gasteiger partial charge in [0.25, 0.3) is 5.91 Å². The highest BCUT2D eigenvalue weighted by atomic mass is 32.1. The number of hydrogen-bond acceptors (Lipinski definition) is 4. The number of amides is 1. The molecule has 0 radical (unpaired) electrons. The Balaban J connectivity index is 1.78. The van der Waals surface area contributed by atoms with E-state index < -0.39 is 5.97 Å². The number of benzene rings is 1. The summed E-state index contributed by atoms with van der Waals surface area (Å²) in [4.78, 5) is 23.2. The van der Waals surface area contributed by atoms with Crippen LogP contribution >= 0.6 is 11.3 Å². The number of esters is 1. The van der Waals surface area contributed by atoms with Gasteiger partial charge in [-0.15, -0.1) is 0 Å². The molecule has 0 aliphatic rings. The van der Waals surface area contributed by atoms with Crippen LogP contribution in [-0.4, -0.2) is 18.5 Å². The van der Waals surface area contributed by atoms with E-state index in [0.717, 1.165) is 17.5 Å². The van der Waals surface area contributed by atoms with Crippen molar-refractivity contribution in [2.24, 2.45) is 0 Å². The molecule has 0 saturated carbocycles.